The second kappa shape index (κ2) is 5.66. The van der Waals surface area contributed by atoms with Gasteiger partial charge in [-0.15, -0.1) is 0 Å². The maximum Gasteiger partial charge on any atom is 0.159 e. The summed E-state index contributed by atoms with van der Waals surface area (Å²) in [5.41, 5.74) is 2.47. The molecule has 0 amide bonds. The summed E-state index contributed by atoms with van der Waals surface area (Å²) in [7, 11) is 0. The highest BCUT2D eigenvalue weighted by atomic mass is 16.4. The number of aliphatic hydroxyl groups excluding tert-OH is 1. The van der Waals surface area contributed by atoms with E-state index in [-0.39, 0.29) is 6.61 Å². The zero-order valence-corrected chi connectivity index (χ0v) is 12.2. The highest BCUT2D eigenvalue weighted by Crippen LogP contribution is 2.26. The number of hydrogen-bond acceptors (Lipinski definition) is 5. The van der Waals surface area contributed by atoms with Crippen molar-refractivity contribution in [3.05, 3.63) is 65.8 Å². The average molecular weight is 306 g/mol. The fourth-order valence-corrected chi connectivity index (χ4v) is 2.49. The van der Waals surface area contributed by atoms with Gasteiger partial charge in [0.25, 0.3) is 0 Å². The van der Waals surface area contributed by atoms with Gasteiger partial charge in [-0.25, -0.2) is 9.97 Å². The van der Waals surface area contributed by atoms with Crippen molar-refractivity contribution in [3.8, 4) is 11.5 Å². The van der Waals surface area contributed by atoms with Crippen molar-refractivity contribution in [1.29, 1.82) is 0 Å². The second-order valence-corrected chi connectivity index (χ2v) is 5.21. The number of aromatic amines is 1. The molecule has 0 radical (unpaired) electrons. The summed E-state index contributed by atoms with van der Waals surface area (Å²) in [6.07, 6.45) is 2.42. The number of benzene rings is 1. The monoisotopic (exact) mass is 306 g/mol. The van der Waals surface area contributed by atoms with Crippen LogP contribution in [-0.2, 0) is 13.0 Å². The van der Waals surface area contributed by atoms with Crippen LogP contribution in [0.3, 0.4) is 0 Å². The molecule has 0 atom stereocenters. The average Bonchev–Trinajstić information content (AvgIpc) is 3.21. The van der Waals surface area contributed by atoms with Crippen LogP contribution in [0, 0.1) is 0 Å². The van der Waals surface area contributed by atoms with E-state index in [1.807, 2.05) is 30.3 Å². The molecular weight excluding hydrogens is 292 g/mol. The van der Waals surface area contributed by atoms with Crippen LogP contribution in [0.2, 0.25) is 0 Å². The Labute approximate surface area is 131 Å². The standard InChI is InChI=1S/C17H14N4O2/c22-10-12-6-7-14(23-12)16-13-9-18-15(19-17(13)21-20-16)8-11-4-2-1-3-5-11/h1-7,9,22H,8,10H2,(H,18,19,20,21). The van der Waals surface area contributed by atoms with Gasteiger partial charge < -0.3 is 9.52 Å². The van der Waals surface area contributed by atoms with E-state index >= 15 is 0 Å². The van der Waals surface area contributed by atoms with Gasteiger partial charge in [0.05, 0.1) is 5.39 Å². The molecule has 3 heterocycles. The molecule has 0 aliphatic heterocycles. The first-order valence-electron chi connectivity index (χ1n) is 7.27. The zero-order valence-electron chi connectivity index (χ0n) is 12.2. The Kier molecular flexibility index (Phi) is 3.36. The maximum absolute atomic E-state index is 9.09. The fraction of sp³-hybridized carbons (Fsp3) is 0.118. The van der Waals surface area contributed by atoms with Gasteiger partial charge in [-0.3, -0.25) is 5.10 Å². The Balaban J connectivity index is 1.68. The van der Waals surface area contributed by atoms with Crippen molar-refractivity contribution >= 4 is 11.0 Å². The number of fused-ring (bicyclic) bond motifs is 1. The molecule has 0 aliphatic rings. The Bertz CT molecular complexity index is 944. The second-order valence-electron chi connectivity index (χ2n) is 5.21. The molecular formula is C17H14N4O2. The number of rotatable bonds is 4. The molecule has 4 aromatic rings. The molecule has 2 N–H and O–H groups in total. The lowest BCUT2D eigenvalue weighted by atomic mass is 10.1. The van der Waals surface area contributed by atoms with Gasteiger partial charge in [0.1, 0.15) is 23.9 Å². The number of nitrogens with one attached hydrogen (secondary N) is 1. The van der Waals surface area contributed by atoms with E-state index in [2.05, 4.69) is 20.2 Å². The summed E-state index contributed by atoms with van der Waals surface area (Å²) in [5.74, 6) is 1.81. The number of hydrogen-bond donors (Lipinski definition) is 2. The lowest BCUT2D eigenvalue weighted by Crippen LogP contribution is -1.96. The molecule has 6 nitrogen and oxygen atoms in total. The van der Waals surface area contributed by atoms with Crippen molar-refractivity contribution in [1.82, 2.24) is 20.2 Å². The molecule has 23 heavy (non-hydrogen) atoms. The minimum Gasteiger partial charge on any atom is -0.457 e. The van der Waals surface area contributed by atoms with E-state index in [1.54, 1.807) is 18.3 Å². The van der Waals surface area contributed by atoms with Gasteiger partial charge in [-0.1, -0.05) is 30.3 Å². The molecule has 0 unspecified atom stereocenters. The maximum atomic E-state index is 9.09. The molecule has 0 aliphatic carbocycles. The Morgan fingerprint density at radius 3 is 2.74 bits per heavy atom. The summed E-state index contributed by atoms with van der Waals surface area (Å²) in [6.45, 7) is -0.139. The van der Waals surface area contributed by atoms with Gasteiger partial charge >= 0.3 is 0 Å². The van der Waals surface area contributed by atoms with E-state index in [0.29, 0.717) is 29.3 Å². The van der Waals surface area contributed by atoms with Gasteiger partial charge in [-0.05, 0) is 17.7 Å². The Hall–Kier alpha value is -2.99. The molecule has 114 valence electrons. The third kappa shape index (κ3) is 2.60. The normalized spacial score (nSPS) is 11.2. The van der Waals surface area contributed by atoms with Gasteiger partial charge in [-0.2, -0.15) is 5.10 Å². The minimum atomic E-state index is -0.139. The minimum absolute atomic E-state index is 0.139. The van der Waals surface area contributed by atoms with E-state index in [0.717, 1.165) is 16.8 Å². The van der Waals surface area contributed by atoms with Crippen LogP contribution in [0.1, 0.15) is 17.1 Å². The molecule has 0 saturated carbocycles. The summed E-state index contributed by atoms with van der Waals surface area (Å²) in [6, 6.07) is 13.6. The van der Waals surface area contributed by atoms with Crippen LogP contribution in [0.25, 0.3) is 22.5 Å². The third-order valence-corrected chi connectivity index (χ3v) is 3.62. The summed E-state index contributed by atoms with van der Waals surface area (Å²) >= 11 is 0. The predicted molar refractivity (Wildman–Crippen MR) is 84.6 cm³/mol. The number of H-pyrrole nitrogens is 1. The first kappa shape index (κ1) is 13.7. The van der Waals surface area contributed by atoms with E-state index in [9.17, 15) is 0 Å². The topological polar surface area (TPSA) is 87.8 Å². The quantitative estimate of drug-likeness (QED) is 0.605. The molecule has 4 rings (SSSR count). The highest BCUT2D eigenvalue weighted by molar-refractivity contribution is 5.88. The summed E-state index contributed by atoms with van der Waals surface area (Å²) in [5, 5.41) is 17.1. The predicted octanol–water partition coefficient (Wildman–Crippen LogP) is 2.70. The summed E-state index contributed by atoms with van der Waals surface area (Å²) < 4.78 is 5.52. The van der Waals surface area contributed by atoms with E-state index in [4.69, 9.17) is 9.52 Å². The lowest BCUT2D eigenvalue weighted by Gasteiger charge is -2.00. The fourth-order valence-electron chi connectivity index (χ4n) is 2.49. The largest absolute Gasteiger partial charge is 0.457 e. The first-order valence-corrected chi connectivity index (χ1v) is 7.27. The molecule has 0 bridgehead atoms. The van der Waals surface area contributed by atoms with Crippen LogP contribution >= 0.6 is 0 Å². The van der Waals surface area contributed by atoms with Crippen molar-refractivity contribution in [2.75, 3.05) is 0 Å². The van der Waals surface area contributed by atoms with Crippen molar-refractivity contribution in [3.63, 3.8) is 0 Å². The first-order chi connectivity index (χ1) is 11.3. The number of nitrogens with zero attached hydrogens (tertiary/aromatic N) is 3. The van der Waals surface area contributed by atoms with Crippen LogP contribution in [0.15, 0.2) is 53.1 Å². The van der Waals surface area contributed by atoms with Crippen LogP contribution < -0.4 is 0 Å². The molecule has 3 aromatic heterocycles. The number of aliphatic hydroxyl groups is 1. The van der Waals surface area contributed by atoms with Gasteiger partial charge in [0.2, 0.25) is 0 Å². The number of furan rings is 1. The smallest absolute Gasteiger partial charge is 0.159 e. The molecule has 0 fully saturated rings. The van der Waals surface area contributed by atoms with Crippen LogP contribution in [-0.4, -0.2) is 25.3 Å². The van der Waals surface area contributed by atoms with Crippen molar-refractivity contribution in [2.24, 2.45) is 0 Å². The van der Waals surface area contributed by atoms with Gasteiger partial charge in [0.15, 0.2) is 11.4 Å². The van der Waals surface area contributed by atoms with Crippen molar-refractivity contribution < 1.29 is 9.52 Å². The third-order valence-electron chi connectivity index (χ3n) is 3.62. The zero-order chi connectivity index (χ0) is 15.6. The van der Waals surface area contributed by atoms with Crippen LogP contribution in [0.4, 0.5) is 0 Å². The Morgan fingerprint density at radius 1 is 1.09 bits per heavy atom. The lowest BCUT2D eigenvalue weighted by molar-refractivity contribution is 0.248. The SMILES string of the molecule is OCc1ccc(-c2n[nH]c3nc(Cc4ccccc4)ncc23)o1. The molecule has 1 aromatic carbocycles. The Morgan fingerprint density at radius 2 is 1.96 bits per heavy atom. The van der Waals surface area contributed by atoms with E-state index in [1.165, 1.54) is 0 Å². The molecule has 6 heteroatoms. The molecule has 0 saturated heterocycles. The highest BCUT2D eigenvalue weighted by Gasteiger charge is 2.14. The van der Waals surface area contributed by atoms with E-state index < -0.39 is 0 Å². The molecule has 0 spiro atoms. The number of aromatic nitrogens is 4. The van der Waals surface area contributed by atoms with Crippen molar-refractivity contribution in [2.45, 2.75) is 13.0 Å². The summed E-state index contributed by atoms with van der Waals surface area (Å²) in [4.78, 5) is 8.95. The van der Waals surface area contributed by atoms with Crippen LogP contribution in [0.5, 0.6) is 0 Å². The van der Waals surface area contributed by atoms with Gasteiger partial charge in [0, 0.05) is 12.6 Å².